The molecule has 1 amide bonds. The molecule has 162 valence electrons. The van der Waals surface area contributed by atoms with Gasteiger partial charge in [0.05, 0.1) is 10.9 Å². The summed E-state index contributed by atoms with van der Waals surface area (Å²) < 4.78 is 39.7. The fraction of sp³-hybridized carbons (Fsp3) is 0.300. The van der Waals surface area contributed by atoms with E-state index in [0.717, 1.165) is 0 Å². The van der Waals surface area contributed by atoms with Crippen LogP contribution in [0.15, 0.2) is 30.6 Å². The van der Waals surface area contributed by atoms with Gasteiger partial charge in [0.2, 0.25) is 6.30 Å². The highest BCUT2D eigenvalue weighted by Gasteiger charge is 2.25. The van der Waals surface area contributed by atoms with Crippen LogP contribution in [-0.2, 0) is 5.54 Å². The number of nitrogens with one attached hydrogen (secondary N) is 2. The molecule has 0 aliphatic rings. The molecule has 0 saturated carbocycles. The Morgan fingerprint density at radius 1 is 1.19 bits per heavy atom. The molecule has 31 heavy (non-hydrogen) atoms. The van der Waals surface area contributed by atoms with Crippen molar-refractivity contribution in [1.29, 1.82) is 0 Å². The number of amides is 1. The lowest BCUT2D eigenvalue weighted by Crippen LogP contribution is -2.36. The number of carbonyl (C=O) groups is 1. The van der Waals surface area contributed by atoms with Crippen molar-refractivity contribution in [3.63, 3.8) is 0 Å². The average molecular weight is 431 g/mol. The van der Waals surface area contributed by atoms with Crippen LogP contribution in [0.2, 0.25) is 0 Å². The Morgan fingerprint density at radius 2 is 1.94 bits per heavy atom. The van der Waals surface area contributed by atoms with Crippen molar-refractivity contribution in [1.82, 2.24) is 30.0 Å². The van der Waals surface area contributed by atoms with Crippen LogP contribution in [-0.4, -0.2) is 43.4 Å². The molecule has 0 bridgehead atoms. The Balaban J connectivity index is 1.79. The van der Waals surface area contributed by atoms with E-state index in [1.54, 1.807) is 28.2 Å². The molecule has 3 heterocycles. The Hall–Kier alpha value is -3.63. The van der Waals surface area contributed by atoms with Crippen molar-refractivity contribution in [2.75, 3.05) is 5.73 Å². The maximum Gasteiger partial charge on any atom is 0.287 e. The molecule has 0 aliphatic carbocycles. The van der Waals surface area contributed by atoms with Gasteiger partial charge in [-0.1, -0.05) is 12.1 Å². The third-order valence-corrected chi connectivity index (χ3v) is 4.76. The summed E-state index contributed by atoms with van der Waals surface area (Å²) in [5.74, 6) is -0.686. The van der Waals surface area contributed by atoms with Crippen molar-refractivity contribution < 1.29 is 18.0 Å². The molecule has 4 rings (SSSR count). The van der Waals surface area contributed by atoms with Crippen LogP contribution in [0.3, 0.4) is 0 Å². The van der Waals surface area contributed by atoms with Crippen LogP contribution in [0.1, 0.15) is 31.3 Å². The zero-order valence-electron chi connectivity index (χ0n) is 16.9. The van der Waals surface area contributed by atoms with E-state index in [9.17, 15) is 18.0 Å². The highest BCUT2D eigenvalue weighted by Crippen LogP contribution is 2.34. The zero-order chi connectivity index (χ0) is 22.5. The van der Waals surface area contributed by atoms with Crippen LogP contribution >= 0.6 is 0 Å². The van der Waals surface area contributed by atoms with Crippen LogP contribution in [0.25, 0.3) is 33.2 Å². The lowest BCUT2D eigenvalue weighted by atomic mass is 10.1. The summed E-state index contributed by atoms with van der Waals surface area (Å²) >= 11 is 0. The molecule has 8 nitrogen and oxygen atoms in total. The summed E-state index contributed by atoms with van der Waals surface area (Å²) in [4.78, 5) is 23.3. The number of hydrogen-bond donors (Lipinski definition) is 3. The third-order valence-electron chi connectivity index (χ3n) is 4.76. The quantitative estimate of drug-likeness (QED) is 0.427. The van der Waals surface area contributed by atoms with Gasteiger partial charge in [0, 0.05) is 16.5 Å². The first-order valence-corrected chi connectivity index (χ1v) is 9.42. The number of rotatable bonds is 4. The van der Waals surface area contributed by atoms with Gasteiger partial charge in [-0.25, -0.2) is 27.8 Å². The first-order chi connectivity index (χ1) is 14.6. The van der Waals surface area contributed by atoms with E-state index >= 15 is 0 Å². The minimum Gasteiger partial charge on any atom is -0.383 e. The molecule has 0 aliphatic heterocycles. The van der Waals surface area contributed by atoms with Crippen molar-refractivity contribution in [3.05, 3.63) is 36.3 Å². The number of nitrogens with zero attached hydrogens (tertiary/aromatic N) is 4. The van der Waals surface area contributed by atoms with Gasteiger partial charge in [-0.15, -0.1) is 0 Å². The molecule has 0 spiro atoms. The monoisotopic (exact) mass is 431 g/mol. The molecular weight excluding hydrogens is 411 g/mol. The SMILES string of the molecule is CC(C)(C)n1nc(-c2ccc3cc(C(=O)NC(F)C(F)F)[nH]c3c2)c2c(N)ncnc21. The number of halogens is 3. The number of anilines is 1. The molecular formula is C20H20F3N7O. The van der Waals surface area contributed by atoms with Gasteiger partial charge in [-0.05, 0) is 32.9 Å². The molecule has 0 fully saturated rings. The first-order valence-electron chi connectivity index (χ1n) is 9.42. The predicted molar refractivity (Wildman–Crippen MR) is 110 cm³/mol. The second kappa shape index (κ2) is 7.25. The van der Waals surface area contributed by atoms with Gasteiger partial charge in [0.1, 0.15) is 23.5 Å². The Bertz CT molecular complexity index is 1290. The number of fused-ring (bicyclic) bond motifs is 2. The van der Waals surface area contributed by atoms with Gasteiger partial charge >= 0.3 is 0 Å². The Labute approximate surface area is 174 Å². The van der Waals surface area contributed by atoms with Crippen LogP contribution in [0.4, 0.5) is 19.0 Å². The summed E-state index contributed by atoms with van der Waals surface area (Å²) in [6, 6.07) is 6.72. The molecule has 0 saturated heterocycles. The number of benzene rings is 1. The normalized spacial score (nSPS) is 13.3. The lowest BCUT2D eigenvalue weighted by Gasteiger charge is -2.19. The number of carbonyl (C=O) groups excluding carboxylic acids is 1. The number of aromatic nitrogens is 5. The van der Waals surface area contributed by atoms with Gasteiger partial charge in [-0.2, -0.15) is 5.10 Å². The Morgan fingerprint density at radius 3 is 2.61 bits per heavy atom. The summed E-state index contributed by atoms with van der Waals surface area (Å²) in [5.41, 5.74) is 8.09. The molecule has 11 heteroatoms. The van der Waals surface area contributed by atoms with Crippen LogP contribution in [0, 0.1) is 0 Å². The number of H-pyrrole nitrogens is 1. The fourth-order valence-corrected chi connectivity index (χ4v) is 3.31. The van der Waals surface area contributed by atoms with E-state index in [0.29, 0.717) is 33.2 Å². The maximum absolute atomic E-state index is 13.2. The largest absolute Gasteiger partial charge is 0.383 e. The number of nitrogen functional groups attached to an aromatic ring is 1. The van der Waals surface area contributed by atoms with E-state index in [4.69, 9.17) is 10.8 Å². The van der Waals surface area contributed by atoms with Gasteiger partial charge in [-0.3, -0.25) is 4.79 Å². The second-order valence-corrected chi connectivity index (χ2v) is 8.08. The summed E-state index contributed by atoms with van der Waals surface area (Å²) in [6.45, 7) is 5.95. The number of hydrogen-bond acceptors (Lipinski definition) is 5. The van der Waals surface area contributed by atoms with Gasteiger partial charge in [0.15, 0.2) is 5.65 Å². The molecule has 4 aromatic rings. The predicted octanol–water partition coefficient (Wildman–Crippen LogP) is 3.60. The topological polar surface area (TPSA) is 115 Å². The smallest absolute Gasteiger partial charge is 0.287 e. The Kier molecular flexibility index (Phi) is 4.83. The van der Waals surface area contributed by atoms with E-state index in [2.05, 4.69) is 15.0 Å². The summed E-state index contributed by atoms with van der Waals surface area (Å²) in [7, 11) is 0. The van der Waals surface area contributed by atoms with E-state index < -0.39 is 18.6 Å². The first kappa shape index (κ1) is 20.6. The zero-order valence-corrected chi connectivity index (χ0v) is 16.9. The van der Waals surface area contributed by atoms with Crippen LogP contribution < -0.4 is 11.1 Å². The average Bonchev–Trinajstić information content (AvgIpc) is 3.29. The summed E-state index contributed by atoms with van der Waals surface area (Å²) in [5, 5.41) is 7.57. The molecule has 1 unspecified atom stereocenters. The number of nitrogens with two attached hydrogens (primary N) is 1. The highest BCUT2D eigenvalue weighted by molar-refractivity contribution is 6.02. The van der Waals surface area contributed by atoms with E-state index in [1.807, 2.05) is 20.8 Å². The van der Waals surface area contributed by atoms with Crippen LogP contribution in [0.5, 0.6) is 0 Å². The third kappa shape index (κ3) is 3.66. The summed E-state index contributed by atoms with van der Waals surface area (Å²) in [6.07, 6.45) is -4.67. The molecule has 4 N–H and O–H groups in total. The van der Waals surface area contributed by atoms with Gasteiger partial charge in [0.25, 0.3) is 12.3 Å². The van der Waals surface area contributed by atoms with Crippen molar-refractivity contribution in [3.8, 4) is 11.3 Å². The fourth-order valence-electron chi connectivity index (χ4n) is 3.31. The van der Waals surface area contributed by atoms with Gasteiger partial charge < -0.3 is 16.0 Å². The number of alkyl halides is 3. The standard InChI is InChI=1S/C20H20F3N7O/c1-20(2,3)30-18-13(17(24)25-8-26-18)14(29-30)10-5-4-9-6-12(27-11(9)7-10)19(31)28-16(23)15(21)22/h4-8,15-16,27H,1-3H3,(H,28,31)(H2,24,25,26). The van der Waals surface area contributed by atoms with Crippen molar-refractivity contribution >= 4 is 33.7 Å². The highest BCUT2D eigenvalue weighted by atomic mass is 19.3. The lowest BCUT2D eigenvalue weighted by molar-refractivity contribution is 0.0285. The minimum absolute atomic E-state index is 0.0385. The molecule has 3 aromatic heterocycles. The minimum atomic E-state index is -3.31. The van der Waals surface area contributed by atoms with Crippen molar-refractivity contribution in [2.24, 2.45) is 0 Å². The maximum atomic E-state index is 13.2. The number of aromatic amines is 1. The molecule has 1 atom stereocenters. The van der Waals surface area contributed by atoms with Crippen molar-refractivity contribution in [2.45, 2.75) is 39.0 Å². The molecule has 0 radical (unpaired) electrons. The van der Waals surface area contributed by atoms with E-state index in [-0.39, 0.29) is 17.1 Å². The molecule has 1 aromatic carbocycles. The second-order valence-electron chi connectivity index (χ2n) is 8.08. The van der Waals surface area contributed by atoms with E-state index in [1.165, 1.54) is 12.4 Å².